The Bertz CT molecular complexity index is 2660. The third-order valence-electron chi connectivity index (χ3n) is 14.5. The molecule has 2 fully saturated rings. The first-order valence-corrected chi connectivity index (χ1v) is 20.8. The van der Waals surface area contributed by atoms with Crippen LogP contribution in [0.25, 0.3) is 44.3 Å². The third-order valence-corrected chi connectivity index (χ3v) is 14.5. The van der Waals surface area contributed by atoms with Crippen molar-refractivity contribution in [2.24, 2.45) is 11.8 Å². The second kappa shape index (κ2) is 11.1. The van der Waals surface area contributed by atoms with Crippen LogP contribution in [-0.4, -0.2) is 20.7 Å². The van der Waals surface area contributed by atoms with Gasteiger partial charge in [-0.25, -0.2) is 4.98 Å². The molecule has 0 spiro atoms. The number of benzene rings is 5. The molecule has 3 nitrogen and oxygen atoms in total. The normalized spacial score (nSPS) is 21.7. The monoisotopic (exact) mass is 693 g/mol. The van der Waals surface area contributed by atoms with Crippen molar-refractivity contribution in [2.75, 3.05) is 0 Å². The van der Waals surface area contributed by atoms with Gasteiger partial charge in [-0.2, -0.15) is 0 Å². The maximum absolute atomic E-state index is 5.59. The maximum atomic E-state index is 5.59. The lowest BCUT2D eigenvalue weighted by Gasteiger charge is -2.38. The molecule has 53 heavy (non-hydrogen) atoms. The average molecular weight is 694 g/mol. The van der Waals surface area contributed by atoms with Crippen molar-refractivity contribution in [3.05, 3.63) is 106 Å². The highest BCUT2D eigenvalue weighted by molar-refractivity contribution is 6.98. The highest BCUT2D eigenvalue weighted by Gasteiger charge is 2.45. The van der Waals surface area contributed by atoms with Gasteiger partial charge in [0.05, 0.1) is 22.1 Å². The summed E-state index contributed by atoms with van der Waals surface area (Å²) in [6.07, 6.45) is 6.95. The number of rotatable bonds is 4. The molecule has 0 N–H and O–H groups in total. The molecule has 4 aliphatic carbocycles. The van der Waals surface area contributed by atoms with Crippen LogP contribution in [0.2, 0.25) is 0 Å². The van der Waals surface area contributed by atoms with Gasteiger partial charge in [-0.3, -0.25) is 8.97 Å². The Morgan fingerprint density at radius 3 is 1.98 bits per heavy atom. The second-order valence-electron chi connectivity index (χ2n) is 18.7. The van der Waals surface area contributed by atoms with E-state index < -0.39 is 0 Å². The lowest BCUT2D eigenvalue weighted by atomic mass is 9.33. The predicted molar refractivity (Wildman–Crippen MR) is 225 cm³/mol. The highest BCUT2D eigenvalue weighted by atomic mass is 15.2. The van der Waals surface area contributed by atoms with E-state index in [2.05, 4.69) is 131 Å². The number of hydrogen-bond donors (Lipinski definition) is 0. The van der Waals surface area contributed by atoms with E-state index in [4.69, 9.17) is 4.98 Å². The molecule has 12 rings (SSSR count). The minimum Gasteiger partial charge on any atom is -0.281 e. The number of nitrogens with zero attached hydrogens (tertiary/aromatic N) is 3. The first-order valence-electron chi connectivity index (χ1n) is 20.8. The molecule has 5 aromatic carbocycles. The summed E-state index contributed by atoms with van der Waals surface area (Å²) in [5.41, 5.74) is 21.2. The van der Waals surface area contributed by atoms with Gasteiger partial charge in [-0.05, 0) is 167 Å². The standard InChI is InChI=1S/C49H52BN3/c1-25(2)33-21-36(26(3)4)47(37(22-33)27(5)6)50-40-13-12-32-10-9-11-43-46(32)48(40)53(49-51-42-14-28(7)29(8)15-45(42)52(43)49)44-24-39-35-19-30-16-31(20-35)18-34(17-30)38(39)23-41(44)50/h9-15,21-27,30-31,34-35H,16-20H2,1-8H3. The topological polar surface area (TPSA) is 22.2 Å². The van der Waals surface area contributed by atoms with Gasteiger partial charge in [0, 0.05) is 11.1 Å². The molecular weight excluding hydrogens is 641 g/mol. The van der Waals surface area contributed by atoms with Gasteiger partial charge in [-0.15, -0.1) is 0 Å². The van der Waals surface area contributed by atoms with Crippen molar-refractivity contribution in [1.29, 1.82) is 0 Å². The number of fused-ring (bicyclic) bond motifs is 7. The molecule has 2 saturated carbocycles. The van der Waals surface area contributed by atoms with Gasteiger partial charge in [0.1, 0.15) is 0 Å². The third kappa shape index (κ3) is 4.39. The second-order valence-corrected chi connectivity index (χ2v) is 18.7. The fourth-order valence-electron chi connectivity index (χ4n) is 12.0. The summed E-state index contributed by atoms with van der Waals surface area (Å²) in [6, 6.07) is 27.1. The first kappa shape index (κ1) is 32.2. The van der Waals surface area contributed by atoms with Crippen LogP contribution in [0, 0.1) is 25.7 Å². The predicted octanol–water partition coefficient (Wildman–Crippen LogP) is 10.8. The minimum atomic E-state index is 0.146. The summed E-state index contributed by atoms with van der Waals surface area (Å²) in [5.74, 6) is 5.48. The Kier molecular flexibility index (Phi) is 6.75. The van der Waals surface area contributed by atoms with Crippen molar-refractivity contribution >= 4 is 61.7 Å². The quantitative estimate of drug-likeness (QED) is 0.168. The number of aromatic nitrogens is 3. The van der Waals surface area contributed by atoms with E-state index in [0.29, 0.717) is 29.6 Å². The fraction of sp³-hybridized carbons (Fsp3) is 0.408. The van der Waals surface area contributed by atoms with Gasteiger partial charge in [-0.1, -0.05) is 89.5 Å². The molecule has 3 heterocycles. The van der Waals surface area contributed by atoms with Crippen LogP contribution >= 0.6 is 0 Å². The largest absolute Gasteiger partial charge is 0.281 e. The molecule has 5 aliphatic rings. The lowest BCUT2D eigenvalue weighted by Crippen LogP contribution is -2.59. The first-order chi connectivity index (χ1) is 25.5. The van der Waals surface area contributed by atoms with Gasteiger partial charge in [0.2, 0.25) is 12.5 Å². The summed E-state index contributed by atoms with van der Waals surface area (Å²) < 4.78 is 5.12. The van der Waals surface area contributed by atoms with Crippen LogP contribution in [0.3, 0.4) is 0 Å². The Morgan fingerprint density at radius 2 is 1.32 bits per heavy atom. The highest BCUT2D eigenvalue weighted by Crippen LogP contribution is 2.56. The van der Waals surface area contributed by atoms with E-state index in [-0.39, 0.29) is 6.71 Å². The summed E-state index contributed by atoms with van der Waals surface area (Å²) >= 11 is 0. The Hall–Kier alpha value is -4.31. The molecular formula is C49H52BN3. The Morgan fingerprint density at radius 1 is 0.660 bits per heavy atom. The molecule has 1 aliphatic heterocycles. The van der Waals surface area contributed by atoms with E-state index in [1.54, 1.807) is 16.6 Å². The number of hydrogen-bond acceptors (Lipinski definition) is 1. The van der Waals surface area contributed by atoms with Crippen molar-refractivity contribution in [2.45, 2.75) is 117 Å². The van der Waals surface area contributed by atoms with Crippen LogP contribution in [0.1, 0.15) is 142 Å². The van der Waals surface area contributed by atoms with Crippen LogP contribution < -0.4 is 16.4 Å². The summed E-state index contributed by atoms with van der Waals surface area (Å²) in [5, 5.41) is 2.66. The average Bonchev–Trinajstić information content (AvgIpc) is 3.41. The van der Waals surface area contributed by atoms with Crippen molar-refractivity contribution in [3.8, 4) is 5.69 Å². The van der Waals surface area contributed by atoms with Crippen molar-refractivity contribution < 1.29 is 0 Å². The summed E-state index contributed by atoms with van der Waals surface area (Å²) in [7, 11) is 0. The van der Waals surface area contributed by atoms with Gasteiger partial charge >= 0.3 is 0 Å². The lowest BCUT2D eigenvalue weighted by molar-refractivity contribution is 0.166. The molecule has 7 aromatic rings. The maximum Gasteiger partial charge on any atom is 0.247 e. The fourth-order valence-corrected chi connectivity index (χ4v) is 12.0. The molecule has 2 unspecified atom stereocenters. The molecule has 4 heteroatoms. The van der Waals surface area contributed by atoms with Crippen LogP contribution in [0.15, 0.2) is 66.7 Å². The number of aryl methyl sites for hydroxylation is 2. The zero-order valence-corrected chi connectivity index (χ0v) is 32.8. The van der Waals surface area contributed by atoms with Gasteiger partial charge in [0.25, 0.3) is 0 Å². The summed E-state index contributed by atoms with van der Waals surface area (Å²) in [4.78, 5) is 5.59. The molecule has 266 valence electrons. The van der Waals surface area contributed by atoms with Crippen LogP contribution in [0.5, 0.6) is 0 Å². The van der Waals surface area contributed by atoms with E-state index >= 15 is 0 Å². The van der Waals surface area contributed by atoms with E-state index in [9.17, 15) is 0 Å². The Labute approximate surface area is 314 Å². The molecule has 2 aromatic heterocycles. The smallest absolute Gasteiger partial charge is 0.247 e. The van der Waals surface area contributed by atoms with Gasteiger partial charge < -0.3 is 0 Å². The zero-order valence-electron chi connectivity index (χ0n) is 32.8. The van der Waals surface area contributed by atoms with E-state index in [1.165, 1.54) is 104 Å². The van der Waals surface area contributed by atoms with Crippen LogP contribution in [-0.2, 0) is 0 Å². The summed E-state index contributed by atoms with van der Waals surface area (Å²) in [6.45, 7) is 19.0. The van der Waals surface area contributed by atoms with Crippen LogP contribution in [0.4, 0.5) is 0 Å². The Balaban J connectivity index is 1.35. The van der Waals surface area contributed by atoms with Crippen molar-refractivity contribution in [3.63, 3.8) is 0 Å². The van der Waals surface area contributed by atoms with Crippen molar-refractivity contribution in [1.82, 2.24) is 14.0 Å². The molecule has 0 saturated heterocycles. The van der Waals surface area contributed by atoms with E-state index in [0.717, 1.165) is 23.1 Å². The zero-order chi connectivity index (χ0) is 36.2. The minimum absolute atomic E-state index is 0.146. The SMILES string of the molecule is Cc1cc2nc3n4c5c(ccc6cccc(c65)n3c2cc1C)B(c1c(C(C)C)cc(C(C)C)cc1C(C)C)c1cc2c(cc1-4)C1CC3CC(CC2C3)C1. The molecule has 2 atom stereocenters. The molecule has 4 bridgehead atoms. The van der Waals surface area contributed by atoms with Gasteiger partial charge in [0.15, 0.2) is 0 Å². The molecule has 0 radical (unpaired) electrons. The van der Waals surface area contributed by atoms with E-state index in [1.807, 2.05) is 0 Å². The molecule has 0 amide bonds. The number of imidazole rings is 1.